The number of carbonyl (C=O) groups is 1. The first-order chi connectivity index (χ1) is 8.70. The van der Waals surface area contributed by atoms with Gasteiger partial charge < -0.3 is 4.90 Å². The Labute approximate surface area is 113 Å². The van der Waals surface area contributed by atoms with Crippen LogP contribution in [0.25, 0.3) is 0 Å². The molecule has 1 aromatic rings. The Morgan fingerprint density at radius 2 is 2.17 bits per heavy atom. The Kier molecular flexibility index (Phi) is 3.06. The number of amides is 1. The predicted molar refractivity (Wildman–Crippen MR) is 72.9 cm³/mol. The summed E-state index contributed by atoms with van der Waals surface area (Å²) in [6.07, 6.45) is 3.81. The normalized spacial score (nSPS) is 26.8. The Morgan fingerprint density at radius 1 is 1.33 bits per heavy atom. The third kappa shape index (κ3) is 1.83. The highest BCUT2D eigenvalue weighted by atomic mass is 35.5. The zero-order chi connectivity index (χ0) is 12.7. The van der Waals surface area contributed by atoms with E-state index >= 15 is 0 Å². The van der Waals surface area contributed by atoms with E-state index in [1.165, 1.54) is 11.1 Å². The molecule has 1 aliphatic carbocycles. The number of aryl methyl sites for hydroxylation is 1. The van der Waals surface area contributed by atoms with Crippen LogP contribution in [0.5, 0.6) is 0 Å². The summed E-state index contributed by atoms with van der Waals surface area (Å²) < 4.78 is 0. The fraction of sp³-hybridized carbons (Fsp3) is 0.533. The SMILES string of the molecule is CCN1C(=O)CC[C@@H]2c3ccc(Cl)cc3CC[C@H]21. The molecule has 0 radical (unpaired) electrons. The number of benzene rings is 1. The highest BCUT2D eigenvalue weighted by molar-refractivity contribution is 6.30. The fourth-order valence-corrected chi connectivity index (χ4v) is 3.80. The van der Waals surface area contributed by atoms with Crippen LogP contribution in [0.2, 0.25) is 5.02 Å². The first-order valence-corrected chi connectivity index (χ1v) is 7.16. The van der Waals surface area contributed by atoms with Crippen molar-refractivity contribution in [3.8, 4) is 0 Å². The Balaban J connectivity index is 1.97. The number of halogens is 1. The highest BCUT2D eigenvalue weighted by Crippen LogP contribution is 2.41. The van der Waals surface area contributed by atoms with Crippen LogP contribution >= 0.6 is 11.6 Å². The van der Waals surface area contributed by atoms with Gasteiger partial charge in [-0.2, -0.15) is 0 Å². The molecule has 2 atom stereocenters. The van der Waals surface area contributed by atoms with Crippen molar-refractivity contribution in [1.29, 1.82) is 0 Å². The lowest BCUT2D eigenvalue weighted by Gasteiger charge is -2.44. The van der Waals surface area contributed by atoms with Gasteiger partial charge in [-0.25, -0.2) is 0 Å². The second-order valence-corrected chi connectivity index (χ2v) is 5.71. The van der Waals surface area contributed by atoms with Crippen molar-refractivity contribution in [2.75, 3.05) is 6.54 Å². The van der Waals surface area contributed by atoms with Crippen LogP contribution < -0.4 is 0 Å². The second kappa shape index (κ2) is 4.58. The maximum Gasteiger partial charge on any atom is 0.222 e. The summed E-state index contributed by atoms with van der Waals surface area (Å²) in [5.74, 6) is 0.847. The molecule has 96 valence electrons. The number of rotatable bonds is 1. The van der Waals surface area contributed by atoms with Crippen molar-refractivity contribution >= 4 is 17.5 Å². The summed E-state index contributed by atoms with van der Waals surface area (Å²) in [5.41, 5.74) is 2.80. The van der Waals surface area contributed by atoms with E-state index in [1.807, 2.05) is 6.07 Å². The molecule has 2 aliphatic rings. The number of hydrogen-bond donors (Lipinski definition) is 0. The number of hydrogen-bond acceptors (Lipinski definition) is 1. The molecule has 0 unspecified atom stereocenters. The summed E-state index contributed by atoms with van der Waals surface area (Å²) in [6, 6.07) is 6.65. The molecule has 1 aliphatic heterocycles. The molecule has 0 spiro atoms. The molecular formula is C15H18ClNO. The number of nitrogens with zero attached hydrogens (tertiary/aromatic N) is 1. The van der Waals surface area contributed by atoms with E-state index < -0.39 is 0 Å². The molecule has 1 fully saturated rings. The molecule has 1 heterocycles. The molecule has 1 aromatic carbocycles. The number of likely N-dealkylation sites (tertiary alicyclic amines) is 1. The van der Waals surface area contributed by atoms with E-state index in [1.54, 1.807) is 0 Å². The molecule has 3 rings (SSSR count). The largest absolute Gasteiger partial charge is 0.339 e. The lowest BCUT2D eigenvalue weighted by atomic mass is 9.74. The van der Waals surface area contributed by atoms with E-state index in [0.29, 0.717) is 24.3 Å². The smallest absolute Gasteiger partial charge is 0.222 e. The summed E-state index contributed by atoms with van der Waals surface area (Å²) >= 11 is 6.07. The van der Waals surface area contributed by atoms with E-state index in [2.05, 4.69) is 24.0 Å². The summed E-state index contributed by atoms with van der Waals surface area (Å²) in [6.45, 7) is 2.92. The van der Waals surface area contributed by atoms with Gasteiger partial charge in [0.15, 0.2) is 0 Å². The number of fused-ring (bicyclic) bond motifs is 3. The van der Waals surface area contributed by atoms with Crippen LogP contribution in [-0.2, 0) is 11.2 Å². The van der Waals surface area contributed by atoms with Gasteiger partial charge in [0.25, 0.3) is 0 Å². The van der Waals surface area contributed by atoms with Gasteiger partial charge in [-0.05, 0) is 49.4 Å². The quantitative estimate of drug-likeness (QED) is 0.761. The van der Waals surface area contributed by atoms with Gasteiger partial charge in [0.1, 0.15) is 0 Å². The van der Waals surface area contributed by atoms with Gasteiger partial charge in [-0.15, -0.1) is 0 Å². The van der Waals surface area contributed by atoms with E-state index in [9.17, 15) is 4.79 Å². The zero-order valence-corrected chi connectivity index (χ0v) is 11.4. The minimum atomic E-state index is 0.330. The topological polar surface area (TPSA) is 20.3 Å². The third-order valence-electron chi connectivity index (χ3n) is 4.41. The van der Waals surface area contributed by atoms with Gasteiger partial charge in [0.05, 0.1) is 0 Å². The molecule has 1 saturated heterocycles. The highest BCUT2D eigenvalue weighted by Gasteiger charge is 2.38. The molecule has 18 heavy (non-hydrogen) atoms. The van der Waals surface area contributed by atoms with E-state index in [4.69, 9.17) is 11.6 Å². The van der Waals surface area contributed by atoms with Crippen molar-refractivity contribution < 1.29 is 4.79 Å². The molecule has 0 bridgehead atoms. The van der Waals surface area contributed by atoms with Crippen molar-refractivity contribution in [2.45, 2.75) is 44.6 Å². The van der Waals surface area contributed by atoms with Gasteiger partial charge in [0, 0.05) is 29.9 Å². The van der Waals surface area contributed by atoms with Gasteiger partial charge >= 0.3 is 0 Å². The van der Waals surface area contributed by atoms with Gasteiger partial charge in [0.2, 0.25) is 5.91 Å². The summed E-state index contributed by atoms with van der Waals surface area (Å²) in [5, 5.41) is 0.825. The number of likely N-dealkylation sites (N-methyl/N-ethyl adjacent to an activating group) is 1. The average Bonchev–Trinajstić information content (AvgIpc) is 2.37. The Hall–Kier alpha value is -1.02. The monoisotopic (exact) mass is 263 g/mol. The lowest BCUT2D eigenvalue weighted by molar-refractivity contribution is -0.137. The molecule has 3 heteroatoms. The maximum atomic E-state index is 12.0. The number of carbonyl (C=O) groups excluding carboxylic acids is 1. The second-order valence-electron chi connectivity index (χ2n) is 5.27. The lowest BCUT2D eigenvalue weighted by Crippen LogP contribution is -2.49. The molecular weight excluding hydrogens is 246 g/mol. The van der Waals surface area contributed by atoms with Gasteiger partial charge in [-0.1, -0.05) is 17.7 Å². The molecule has 1 amide bonds. The fourth-order valence-electron chi connectivity index (χ4n) is 3.60. The van der Waals surface area contributed by atoms with Crippen molar-refractivity contribution in [2.24, 2.45) is 0 Å². The Bertz CT molecular complexity index is 485. The van der Waals surface area contributed by atoms with Crippen LogP contribution in [0.15, 0.2) is 18.2 Å². The van der Waals surface area contributed by atoms with Crippen molar-refractivity contribution in [1.82, 2.24) is 4.90 Å². The van der Waals surface area contributed by atoms with Crippen LogP contribution in [0.4, 0.5) is 0 Å². The first kappa shape index (κ1) is 12.0. The molecule has 0 N–H and O–H groups in total. The minimum Gasteiger partial charge on any atom is -0.339 e. The standard InChI is InChI=1S/C15H18ClNO/c1-2-17-14-7-3-10-9-11(16)4-5-12(10)13(14)6-8-15(17)18/h4-5,9,13-14H,2-3,6-8H2,1H3/t13-,14-/m1/s1. The summed E-state index contributed by atoms with van der Waals surface area (Å²) in [4.78, 5) is 14.0. The average molecular weight is 264 g/mol. The predicted octanol–water partition coefficient (Wildman–Crippen LogP) is 3.38. The molecule has 0 saturated carbocycles. The van der Waals surface area contributed by atoms with Crippen LogP contribution in [0.3, 0.4) is 0 Å². The van der Waals surface area contributed by atoms with Crippen molar-refractivity contribution in [3.63, 3.8) is 0 Å². The Morgan fingerprint density at radius 3 is 2.94 bits per heavy atom. The molecule has 2 nitrogen and oxygen atoms in total. The number of piperidine rings is 1. The van der Waals surface area contributed by atoms with E-state index in [-0.39, 0.29) is 0 Å². The van der Waals surface area contributed by atoms with Gasteiger partial charge in [-0.3, -0.25) is 4.79 Å². The first-order valence-electron chi connectivity index (χ1n) is 6.78. The van der Waals surface area contributed by atoms with Crippen LogP contribution in [0.1, 0.15) is 43.2 Å². The minimum absolute atomic E-state index is 0.330. The van der Waals surface area contributed by atoms with Crippen LogP contribution in [-0.4, -0.2) is 23.4 Å². The molecule has 0 aromatic heterocycles. The van der Waals surface area contributed by atoms with E-state index in [0.717, 1.165) is 30.8 Å². The zero-order valence-electron chi connectivity index (χ0n) is 10.7. The maximum absolute atomic E-state index is 12.0. The summed E-state index contributed by atoms with van der Waals surface area (Å²) in [7, 11) is 0. The van der Waals surface area contributed by atoms with Crippen molar-refractivity contribution in [3.05, 3.63) is 34.3 Å². The third-order valence-corrected chi connectivity index (χ3v) is 4.64. The van der Waals surface area contributed by atoms with Crippen LogP contribution in [0, 0.1) is 0 Å².